The molecular weight excluding hydrogens is 952 g/mol. The topological polar surface area (TPSA) is 292 Å². The van der Waals surface area contributed by atoms with Crippen LogP contribution in [-0.2, 0) is 66.5 Å². The fourth-order valence-corrected chi connectivity index (χ4v) is 9.17. The van der Waals surface area contributed by atoms with Crippen LogP contribution in [0.15, 0.2) is 175 Å². The molecule has 0 amide bonds. The van der Waals surface area contributed by atoms with E-state index >= 15 is 0 Å². The molecule has 20 heteroatoms. The SMILES string of the molecule is O=C([O-])c1ccccc1S(=O)c1ccccc1C(=O)[O-].O=C([O-])c1ccccc1S(=O)c1ccccc1C(=O)[O-].O=C([O-])c1ccccc1S(=O)c1ccccc1C(=O)[O-].[Fe+3].[Fe+3]. The van der Waals surface area contributed by atoms with Gasteiger partial charge in [0, 0.05) is 33.4 Å². The summed E-state index contributed by atoms with van der Waals surface area (Å²) in [5.41, 5.74) is -1.42. The van der Waals surface area contributed by atoms with Crippen LogP contribution in [0.5, 0.6) is 0 Å². The first-order valence-electron chi connectivity index (χ1n) is 16.6. The predicted octanol–water partition coefficient (Wildman–Crippen LogP) is -1.26. The van der Waals surface area contributed by atoms with Crippen LogP contribution in [0.4, 0.5) is 0 Å². The van der Waals surface area contributed by atoms with Crippen LogP contribution >= 0.6 is 0 Å². The van der Waals surface area contributed by atoms with Crippen molar-refractivity contribution in [2.45, 2.75) is 29.4 Å². The number of rotatable bonds is 12. The molecule has 62 heavy (non-hydrogen) atoms. The Labute approximate surface area is 380 Å². The summed E-state index contributed by atoms with van der Waals surface area (Å²) in [6.07, 6.45) is 0. The maximum absolute atomic E-state index is 12.4. The van der Waals surface area contributed by atoms with E-state index in [2.05, 4.69) is 0 Å². The van der Waals surface area contributed by atoms with Gasteiger partial charge in [0.2, 0.25) is 0 Å². The van der Waals surface area contributed by atoms with Crippen molar-refractivity contribution in [3.63, 3.8) is 0 Å². The van der Waals surface area contributed by atoms with Crippen molar-refractivity contribution in [2.24, 2.45) is 0 Å². The molecule has 0 saturated carbocycles. The largest absolute Gasteiger partial charge is 3.00 e. The van der Waals surface area contributed by atoms with Gasteiger partial charge in [0.05, 0.1) is 97.6 Å². The van der Waals surface area contributed by atoms with Gasteiger partial charge >= 0.3 is 34.1 Å². The van der Waals surface area contributed by atoms with Gasteiger partial charge in [-0.1, -0.05) is 109 Å². The Morgan fingerprint density at radius 1 is 0.258 bits per heavy atom. The van der Waals surface area contributed by atoms with Gasteiger partial charge in [-0.2, -0.15) is 0 Å². The zero-order valence-electron chi connectivity index (χ0n) is 30.9. The maximum Gasteiger partial charge on any atom is 3.00 e. The van der Waals surface area contributed by atoms with E-state index in [-0.39, 0.29) is 96.9 Å². The van der Waals surface area contributed by atoms with Gasteiger partial charge in [-0.3, -0.25) is 0 Å². The van der Waals surface area contributed by atoms with Crippen molar-refractivity contribution in [1.29, 1.82) is 0 Å². The monoisotopic (exact) mass is 976 g/mol. The third-order valence-electron chi connectivity index (χ3n) is 7.84. The number of carboxylic acid groups (broad SMARTS) is 6. The molecule has 0 atom stereocenters. The number of carboxylic acids is 6. The fraction of sp³-hybridized carbons (Fsp3) is 0. The third kappa shape index (κ3) is 12.8. The molecule has 0 saturated heterocycles. The molecule has 0 spiro atoms. The summed E-state index contributed by atoms with van der Waals surface area (Å²) in [5, 5.41) is 66.0. The molecule has 0 N–H and O–H groups in total. The maximum atomic E-state index is 12.4. The van der Waals surface area contributed by atoms with E-state index in [0.29, 0.717) is 0 Å². The predicted molar refractivity (Wildman–Crippen MR) is 199 cm³/mol. The Morgan fingerprint density at radius 3 is 0.484 bits per heavy atom. The summed E-state index contributed by atoms with van der Waals surface area (Å²) in [6, 6.07) is 33.6. The standard InChI is InChI=1S/3C14H10O5S.2Fe/c3*15-13(16)9-5-1-3-7-11(9)20(19)12-8-4-2-6-10(12)14(17)18;;/h3*1-8H,(H,15,16)(H,17,18);;/q;;;2*+3/p-6. The van der Waals surface area contributed by atoms with Crippen LogP contribution in [0.25, 0.3) is 0 Å². The van der Waals surface area contributed by atoms with Crippen molar-refractivity contribution < 1.29 is 106 Å². The van der Waals surface area contributed by atoms with E-state index in [4.69, 9.17) is 0 Å². The van der Waals surface area contributed by atoms with Crippen molar-refractivity contribution in [3.8, 4) is 0 Å². The number of benzene rings is 6. The number of hydrogen-bond donors (Lipinski definition) is 0. The van der Waals surface area contributed by atoms with Gasteiger partial charge in [0.15, 0.2) is 0 Å². The quantitative estimate of drug-likeness (QED) is 0.129. The Hall–Kier alpha value is -6.37. The number of hydrogen-bond acceptors (Lipinski definition) is 15. The van der Waals surface area contributed by atoms with Crippen LogP contribution in [0.1, 0.15) is 62.1 Å². The van der Waals surface area contributed by atoms with Crippen LogP contribution in [0.2, 0.25) is 0 Å². The zero-order chi connectivity index (χ0) is 44.1. The van der Waals surface area contributed by atoms with Crippen molar-refractivity contribution in [1.82, 2.24) is 0 Å². The van der Waals surface area contributed by atoms with Crippen LogP contribution < -0.4 is 30.6 Å². The summed E-state index contributed by atoms with van der Waals surface area (Å²) < 4.78 is 37.3. The second kappa shape index (κ2) is 24.2. The van der Waals surface area contributed by atoms with Gasteiger partial charge in [0.1, 0.15) is 0 Å². The van der Waals surface area contributed by atoms with E-state index in [1.165, 1.54) is 146 Å². The van der Waals surface area contributed by atoms with Gasteiger partial charge < -0.3 is 59.4 Å². The van der Waals surface area contributed by atoms with Crippen LogP contribution in [-0.4, -0.2) is 48.4 Å². The summed E-state index contributed by atoms with van der Waals surface area (Å²) in [6.45, 7) is 0. The molecule has 0 fully saturated rings. The van der Waals surface area contributed by atoms with E-state index in [9.17, 15) is 72.0 Å². The summed E-state index contributed by atoms with van der Waals surface area (Å²) >= 11 is 0. The smallest absolute Gasteiger partial charge is 0.545 e. The van der Waals surface area contributed by atoms with E-state index < -0.39 is 68.2 Å². The molecule has 0 aliphatic rings. The molecule has 0 heterocycles. The second-order valence-corrected chi connectivity index (χ2v) is 15.8. The average molecular weight is 977 g/mol. The van der Waals surface area contributed by atoms with Crippen molar-refractivity contribution >= 4 is 68.2 Å². The molecule has 0 unspecified atom stereocenters. The number of carbonyl (C=O) groups is 6. The van der Waals surface area contributed by atoms with Crippen molar-refractivity contribution in [2.75, 3.05) is 0 Å². The minimum absolute atomic E-state index is 0. The normalized spacial score (nSPS) is 10.1. The van der Waals surface area contributed by atoms with Gasteiger partial charge in [0.25, 0.3) is 0 Å². The molecule has 0 aliphatic heterocycles. The Balaban J connectivity index is 0.000000315. The molecule has 6 aromatic carbocycles. The minimum Gasteiger partial charge on any atom is -0.545 e. The molecule has 0 aromatic heterocycles. The van der Waals surface area contributed by atoms with Gasteiger partial charge in [-0.25, -0.2) is 12.6 Å². The Bertz CT molecular complexity index is 2250. The summed E-state index contributed by atoms with van der Waals surface area (Å²) in [4.78, 5) is 65.9. The first-order chi connectivity index (χ1) is 28.6. The summed E-state index contributed by atoms with van der Waals surface area (Å²) in [5.74, 6) is -8.83. The molecule has 316 valence electrons. The first kappa shape index (κ1) is 51.8. The molecular formula is C42H24Fe2O15S3. The van der Waals surface area contributed by atoms with E-state index in [0.717, 1.165) is 0 Å². The molecule has 6 rings (SSSR count). The number of carbonyl (C=O) groups excluding carboxylic acids is 6. The Kier molecular flexibility index (Phi) is 20.2. The zero-order valence-corrected chi connectivity index (χ0v) is 35.6. The summed E-state index contributed by atoms with van der Waals surface area (Å²) in [7, 11) is -5.86. The number of aromatic carboxylic acids is 6. The van der Waals surface area contributed by atoms with E-state index in [1.54, 1.807) is 0 Å². The average Bonchev–Trinajstić information content (AvgIpc) is 3.25. The second-order valence-electron chi connectivity index (χ2n) is 11.5. The van der Waals surface area contributed by atoms with Crippen LogP contribution in [0.3, 0.4) is 0 Å². The Morgan fingerprint density at radius 2 is 0.371 bits per heavy atom. The van der Waals surface area contributed by atoms with Gasteiger partial charge in [-0.05, 0) is 36.4 Å². The van der Waals surface area contributed by atoms with Gasteiger partial charge in [-0.15, -0.1) is 0 Å². The third-order valence-corrected chi connectivity index (χ3v) is 12.4. The molecule has 0 bridgehead atoms. The fourth-order valence-electron chi connectivity index (χ4n) is 5.14. The molecule has 6 aromatic rings. The van der Waals surface area contributed by atoms with Crippen LogP contribution in [0, 0.1) is 0 Å². The minimum atomic E-state index is -1.95. The van der Waals surface area contributed by atoms with Crippen molar-refractivity contribution in [3.05, 3.63) is 179 Å². The molecule has 0 aliphatic carbocycles. The molecule has 2 radical (unpaired) electrons. The van der Waals surface area contributed by atoms with E-state index in [1.807, 2.05) is 0 Å². The molecule has 15 nitrogen and oxygen atoms in total. The first-order valence-corrected chi connectivity index (χ1v) is 20.1.